The van der Waals surface area contributed by atoms with Crippen LogP contribution < -0.4 is 5.56 Å². The van der Waals surface area contributed by atoms with E-state index in [1.807, 2.05) is 51.1 Å². The zero-order valence-electron chi connectivity index (χ0n) is 15.5. The summed E-state index contributed by atoms with van der Waals surface area (Å²) in [5, 5.41) is 0. The van der Waals surface area contributed by atoms with Gasteiger partial charge in [-0.25, -0.2) is 9.78 Å². The molecule has 1 aromatic carbocycles. The predicted octanol–water partition coefficient (Wildman–Crippen LogP) is 3.55. The van der Waals surface area contributed by atoms with E-state index in [0.29, 0.717) is 24.6 Å². The molecule has 1 aliphatic heterocycles. The summed E-state index contributed by atoms with van der Waals surface area (Å²) in [6.45, 7) is 6.78. The van der Waals surface area contributed by atoms with Crippen LogP contribution in [0, 0.1) is 0 Å². The lowest BCUT2D eigenvalue weighted by atomic mass is 9.96. The van der Waals surface area contributed by atoms with Gasteiger partial charge < -0.3 is 14.6 Å². The van der Waals surface area contributed by atoms with E-state index in [1.54, 1.807) is 4.90 Å². The molecule has 0 atom stereocenters. The summed E-state index contributed by atoms with van der Waals surface area (Å²) >= 11 is 0. The van der Waals surface area contributed by atoms with E-state index in [-0.39, 0.29) is 17.6 Å². The van der Waals surface area contributed by atoms with Gasteiger partial charge in [-0.2, -0.15) is 0 Å². The third-order valence-corrected chi connectivity index (χ3v) is 4.36. The zero-order valence-corrected chi connectivity index (χ0v) is 15.5. The largest absolute Gasteiger partial charge is 0.444 e. The Kier molecular flexibility index (Phi) is 5.11. The molecule has 2 aromatic rings. The molecule has 6 nitrogen and oxygen atoms in total. The molecule has 1 aliphatic rings. The molecule has 1 amide bonds. The topological polar surface area (TPSA) is 75.3 Å². The molecule has 1 saturated heterocycles. The number of rotatable bonds is 2. The average Bonchev–Trinajstić information content (AvgIpc) is 2.61. The highest BCUT2D eigenvalue weighted by atomic mass is 16.6. The number of carbonyl (C=O) groups excluding carboxylic acids is 1. The van der Waals surface area contributed by atoms with Crippen LogP contribution in [0.25, 0.3) is 11.3 Å². The number of piperidine rings is 1. The third-order valence-electron chi connectivity index (χ3n) is 4.36. The molecular formula is C20H25N3O3. The van der Waals surface area contributed by atoms with Crippen molar-refractivity contribution in [3.63, 3.8) is 0 Å². The number of aromatic nitrogens is 2. The van der Waals surface area contributed by atoms with Gasteiger partial charge in [0, 0.05) is 30.6 Å². The normalized spacial score (nSPS) is 15.7. The van der Waals surface area contributed by atoms with Crippen LogP contribution in [0.2, 0.25) is 0 Å². The van der Waals surface area contributed by atoms with Crippen LogP contribution in [0.4, 0.5) is 4.79 Å². The molecule has 0 bridgehead atoms. The SMILES string of the molecule is CC(C)(C)OC(=O)N1CCC(c2nc(-c3ccccc3)cc(=O)[nH]2)CC1. The minimum absolute atomic E-state index is 0.130. The van der Waals surface area contributed by atoms with Crippen molar-refractivity contribution in [1.29, 1.82) is 0 Å². The van der Waals surface area contributed by atoms with Crippen LogP contribution in [0.3, 0.4) is 0 Å². The lowest BCUT2D eigenvalue weighted by molar-refractivity contribution is 0.0203. The van der Waals surface area contributed by atoms with E-state index in [0.717, 1.165) is 18.4 Å². The molecule has 1 aromatic heterocycles. The second kappa shape index (κ2) is 7.32. The van der Waals surface area contributed by atoms with Gasteiger partial charge >= 0.3 is 6.09 Å². The van der Waals surface area contributed by atoms with Crippen molar-refractivity contribution in [3.8, 4) is 11.3 Å². The monoisotopic (exact) mass is 355 g/mol. The molecule has 6 heteroatoms. The van der Waals surface area contributed by atoms with Crippen LogP contribution in [-0.4, -0.2) is 39.7 Å². The van der Waals surface area contributed by atoms with E-state index in [1.165, 1.54) is 6.07 Å². The fourth-order valence-electron chi connectivity index (χ4n) is 3.09. The fourth-order valence-corrected chi connectivity index (χ4v) is 3.09. The molecule has 0 unspecified atom stereocenters. The Morgan fingerprint density at radius 1 is 1.19 bits per heavy atom. The predicted molar refractivity (Wildman–Crippen MR) is 100 cm³/mol. The second-order valence-electron chi connectivity index (χ2n) is 7.62. The average molecular weight is 355 g/mol. The number of nitrogens with one attached hydrogen (secondary N) is 1. The quantitative estimate of drug-likeness (QED) is 0.894. The van der Waals surface area contributed by atoms with Crippen molar-refractivity contribution < 1.29 is 9.53 Å². The molecular weight excluding hydrogens is 330 g/mol. The minimum atomic E-state index is -0.495. The number of hydrogen-bond acceptors (Lipinski definition) is 4. The van der Waals surface area contributed by atoms with Crippen LogP contribution in [0.5, 0.6) is 0 Å². The number of ether oxygens (including phenoxy) is 1. The van der Waals surface area contributed by atoms with Crippen molar-refractivity contribution in [1.82, 2.24) is 14.9 Å². The number of likely N-dealkylation sites (tertiary alicyclic amines) is 1. The van der Waals surface area contributed by atoms with Gasteiger partial charge in [-0.3, -0.25) is 4.79 Å². The standard InChI is InChI=1S/C20H25N3O3/c1-20(2,3)26-19(25)23-11-9-15(10-12-23)18-21-16(13-17(24)22-18)14-7-5-4-6-8-14/h4-8,13,15H,9-12H2,1-3H3,(H,21,22,24). The minimum Gasteiger partial charge on any atom is -0.444 e. The van der Waals surface area contributed by atoms with Gasteiger partial charge in [0.1, 0.15) is 11.4 Å². The number of amides is 1. The Balaban J connectivity index is 1.71. The van der Waals surface area contributed by atoms with Crippen LogP contribution in [-0.2, 0) is 4.74 Å². The van der Waals surface area contributed by atoms with Crippen molar-refractivity contribution >= 4 is 6.09 Å². The summed E-state index contributed by atoms with van der Waals surface area (Å²) in [5.41, 5.74) is 0.957. The summed E-state index contributed by atoms with van der Waals surface area (Å²) in [4.78, 5) is 33.5. The zero-order chi connectivity index (χ0) is 18.7. The van der Waals surface area contributed by atoms with E-state index >= 15 is 0 Å². The molecule has 3 rings (SSSR count). The highest BCUT2D eigenvalue weighted by Gasteiger charge is 2.28. The summed E-state index contributed by atoms with van der Waals surface area (Å²) in [5.74, 6) is 0.824. The van der Waals surface area contributed by atoms with Crippen molar-refractivity contribution in [3.05, 3.63) is 52.6 Å². The molecule has 138 valence electrons. The van der Waals surface area contributed by atoms with Gasteiger partial charge in [-0.05, 0) is 33.6 Å². The van der Waals surface area contributed by atoms with Crippen molar-refractivity contribution in [2.75, 3.05) is 13.1 Å². The summed E-state index contributed by atoms with van der Waals surface area (Å²) in [7, 11) is 0. The van der Waals surface area contributed by atoms with Crippen LogP contribution in [0.15, 0.2) is 41.2 Å². The number of hydrogen-bond donors (Lipinski definition) is 1. The Labute approximate surface area is 153 Å². The Morgan fingerprint density at radius 2 is 1.85 bits per heavy atom. The lowest BCUT2D eigenvalue weighted by Crippen LogP contribution is -2.41. The molecule has 2 heterocycles. The van der Waals surface area contributed by atoms with Crippen LogP contribution in [0.1, 0.15) is 45.4 Å². The summed E-state index contributed by atoms with van der Waals surface area (Å²) in [6.07, 6.45) is 1.22. The Bertz CT molecular complexity index is 816. The van der Waals surface area contributed by atoms with Gasteiger partial charge in [-0.1, -0.05) is 30.3 Å². The first-order valence-electron chi connectivity index (χ1n) is 8.96. The number of nitrogens with zero attached hydrogens (tertiary/aromatic N) is 2. The fraction of sp³-hybridized carbons (Fsp3) is 0.450. The molecule has 0 saturated carbocycles. The van der Waals surface area contributed by atoms with Gasteiger partial charge in [-0.15, -0.1) is 0 Å². The third kappa shape index (κ3) is 4.50. The molecule has 0 spiro atoms. The Hall–Kier alpha value is -2.63. The van der Waals surface area contributed by atoms with Crippen LogP contribution >= 0.6 is 0 Å². The molecule has 1 N–H and O–H groups in total. The lowest BCUT2D eigenvalue weighted by Gasteiger charge is -2.33. The molecule has 0 radical (unpaired) electrons. The number of H-pyrrole nitrogens is 1. The summed E-state index contributed by atoms with van der Waals surface area (Å²) < 4.78 is 5.43. The Morgan fingerprint density at radius 3 is 2.46 bits per heavy atom. The smallest absolute Gasteiger partial charge is 0.410 e. The van der Waals surface area contributed by atoms with Crippen molar-refractivity contribution in [2.45, 2.75) is 45.1 Å². The van der Waals surface area contributed by atoms with Gasteiger partial charge in [0.2, 0.25) is 0 Å². The second-order valence-corrected chi connectivity index (χ2v) is 7.62. The van der Waals surface area contributed by atoms with Crippen molar-refractivity contribution in [2.24, 2.45) is 0 Å². The van der Waals surface area contributed by atoms with E-state index < -0.39 is 5.60 Å². The number of carbonyl (C=O) groups is 1. The maximum Gasteiger partial charge on any atom is 0.410 e. The first kappa shape index (κ1) is 18.2. The summed E-state index contributed by atoms with van der Waals surface area (Å²) in [6, 6.07) is 11.2. The van der Waals surface area contributed by atoms with Gasteiger partial charge in [0.15, 0.2) is 0 Å². The molecule has 1 fully saturated rings. The number of aromatic amines is 1. The van der Waals surface area contributed by atoms with Gasteiger partial charge in [0.25, 0.3) is 5.56 Å². The molecule has 0 aliphatic carbocycles. The van der Waals surface area contributed by atoms with E-state index in [2.05, 4.69) is 9.97 Å². The highest BCUT2D eigenvalue weighted by molar-refractivity contribution is 5.68. The highest BCUT2D eigenvalue weighted by Crippen LogP contribution is 2.27. The maximum atomic E-state index is 12.2. The first-order valence-corrected chi connectivity index (χ1v) is 8.96. The molecule has 26 heavy (non-hydrogen) atoms. The van der Waals surface area contributed by atoms with E-state index in [9.17, 15) is 9.59 Å². The maximum absolute atomic E-state index is 12.2. The van der Waals surface area contributed by atoms with Gasteiger partial charge in [0.05, 0.1) is 5.69 Å². The first-order chi connectivity index (χ1) is 12.3. The van der Waals surface area contributed by atoms with E-state index in [4.69, 9.17) is 4.74 Å². The number of benzene rings is 1.